The lowest BCUT2D eigenvalue weighted by Crippen LogP contribution is -2.33. The van der Waals surface area contributed by atoms with Crippen LogP contribution in [0.2, 0.25) is 5.02 Å². The summed E-state index contributed by atoms with van der Waals surface area (Å²) in [5.41, 5.74) is 0.641. The lowest BCUT2D eigenvalue weighted by atomic mass is 10.1. The number of hydrogen-bond acceptors (Lipinski definition) is 3. The number of phenolic OH excluding ortho intramolecular Hbond substituents is 1. The van der Waals surface area contributed by atoms with Crippen LogP contribution in [0, 0.1) is 5.82 Å². The molecule has 82 valence electrons. The van der Waals surface area contributed by atoms with Crippen molar-refractivity contribution in [1.29, 1.82) is 0 Å². The fraction of sp³-hybridized carbons (Fsp3) is 0.400. The molecule has 1 saturated heterocycles. The topological polar surface area (TPSA) is 41.5 Å². The fourth-order valence-electron chi connectivity index (χ4n) is 1.55. The first-order chi connectivity index (χ1) is 7.18. The number of halogens is 2. The average Bonchev–Trinajstić information content (AvgIpc) is 2.26. The summed E-state index contributed by atoms with van der Waals surface area (Å²) in [6, 6.07) is 2.77. The van der Waals surface area contributed by atoms with Gasteiger partial charge in [-0.1, -0.05) is 11.6 Å². The van der Waals surface area contributed by atoms with Crippen LogP contribution in [0.3, 0.4) is 0 Å². The van der Waals surface area contributed by atoms with E-state index in [2.05, 4.69) is 5.32 Å². The smallest absolute Gasteiger partial charge is 0.170 e. The Bertz CT molecular complexity index is 343. The minimum absolute atomic E-state index is 0.0131. The molecule has 2 N–H and O–H groups in total. The third-order valence-corrected chi connectivity index (χ3v) is 2.63. The van der Waals surface area contributed by atoms with Crippen LogP contribution in [-0.4, -0.2) is 24.8 Å². The Morgan fingerprint density at radius 3 is 2.93 bits per heavy atom. The van der Waals surface area contributed by atoms with Crippen LogP contribution in [0.25, 0.3) is 0 Å². The van der Waals surface area contributed by atoms with Gasteiger partial charge in [-0.2, -0.15) is 0 Å². The van der Waals surface area contributed by atoms with Crippen LogP contribution in [0.5, 0.6) is 5.75 Å². The first-order valence-electron chi connectivity index (χ1n) is 4.68. The Hall–Kier alpha value is -0.840. The SMILES string of the molecule is Oc1c(F)cc(C2CNCCO2)cc1Cl. The lowest BCUT2D eigenvalue weighted by Gasteiger charge is -2.24. The van der Waals surface area contributed by atoms with E-state index in [1.165, 1.54) is 12.1 Å². The zero-order chi connectivity index (χ0) is 10.8. The Balaban J connectivity index is 2.27. The minimum Gasteiger partial charge on any atom is -0.504 e. The van der Waals surface area contributed by atoms with Crippen molar-refractivity contribution in [2.75, 3.05) is 19.7 Å². The Morgan fingerprint density at radius 1 is 1.53 bits per heavy atom. The Labute approximate surface area is 91.8 Å². The summed E-state index contributed by atoms with van der Waals surface area (Å²) in [5, 5.41) is 12.3. The van der Waals surface area contributed by atoms with Crippen LogP contribution < -0.4 is 5.32 Å². The van der Waals surface area contributed by atoms with Gasteiger partial charge in [-0.15, -0.1) is 0 Å². The molecular weight excluding hydrogens is 221 g/mol. The summed E-state index contributed by atoms with van der Waals surface area (Å²) < 4.78 is 18.6. The highest BCUT2D eigenvalue weighted by Gasteiger charge is 2.18. The molecular formula is C10H11ClFNO2. The molecule has 0 spiro atoms. The van der Waals surface area contributed by atoms with E-state index in [0.717, 1.165) is 6.54 Å². The van der Waals surface area contributed by atoms with Crippen LogP contribution in [-0.2, 0) is 4.74 Å². The predicted molar refractivity (Wildman–Crippen MR) is 54.6 cm³/mol. The first kappa shape index (κ1) is 10.7. The zero-order valence-corrected chi connectivity index (χ0v) is 8.72. The van der Waals surface area contributed by atoms with E-state index in [9.17, 15) is 4.39 Å². The van der Waals surface area contributed by atoms with Gasteiger partial charge in [0.15, 0.2) is 11.6 Å². The molecule has 0 radical (unpaired) electrons. The van der Waals surface area contributed by atoms with Gasteiger partial charge in [0.25, 0.3) is 0 Å². The zero-order valence-electron chi connectivity index (χ0n) is 7.96. The summed E-state index contributed by atoms with van der Waals surface area (Å²) in [6.07, 6.45) is -0.202. The highest BCUT2D eigenvalue weighted by atomic mass is 35.5. The van der Waals surface area contributed by atoms with E-state index in [1.54, 1.807) is 0 Å². The molecule has 1 fully saturated rings. The standard InChI is InChI=1S/C10H11ClFNO2/c11-7-3-6(4-8(12)10(7)14)9-5-13-1-2-15-9/h3-4,9,13-14H,1-2,5H2. The summed E-state index contributed by atoms with van der Waals surface area (Å²) in [6.45, 7) is 2.01. The van der Waals surface area contributed by atoms with E-state index in [1.807, 2.05) is 0 Å². The quantitative estimate of drug-likeness (QED) is 0.775. The van der Waals surface area contributed by atoms with Gasteiger partial charge in [-0.3, -0.25) is 0 Å². The van der Waals surface area contributed by atoms with Crippen molar-refractivity contribution in [2.45, 2.75) is 6.10 Å². The maximum atomic E-state index is 13.2. The minimum atomic E-state index is -0.716. The van der Waals surface area contributed by atoms with Gasteiger partial charge in [-0.05, 0) is 17.7 Å². The second-order valence-corrected chi connectivity index (χ2v) is 3.80. The number of hydrogen-bond donors (Lipinski definition) is 2. The maximum Gasteiger partial charge on any atom is 0.170 e. The number of benzene rings is 1. The Morgan fingerprint density at radius 2 is 2.33 bits per heavy atom. The second kappa shape index (κ2) is 4.35. The van der Waals surface area contributed by atoms with Crippen molar-refractivity contribution >= 4 is 11.6 Å². The predicted octanol–water partition coefficient (Wildman–Crippen LogP) is 1.85. The van der Waals surface area contributed by atoms with Gasteiger partial charge >= 0.3 is 0 Å². The number of rotatable bonds is 1. The van der Waals surface area contributed by atoms with Crippen molar-refractivity contribution < 1.29 is 14.2 Å². The largest absolute Gasteiger partial charge is 0.504 e. The van der Waals surface area contributed by atoms with Gasteiger partial charge in [-0.25, -0.2) is 4.39 Å². The molecule has 1 heterocycles. The first-order valence-corrected chi connectivity index (χ1v) is 5.06. The second-order valence-electron chi connectivity index (χ2n) is 3.40. The van der Waals surface area contributed by atoms with Crippen molar-refractivity contribution in [2.24, 2.45) is 0 Å². The summed E-state index contributed by atoms with van der Waals surface area (Å²) in [7, 11) is 0. The van der Waals surface area contributed by atoms with E-state index in [0.29, 0.717) is 18.7 Å². The van der Waals surface area contributed by atoms with Gasteiger partial charge in [0.05, 0.1) is 17.7 Å². The summed E-state index contributed by atoms with van der Waals surface area (Å²) in [4.78, 5) is 0. The molecule has 0 aromatic heterocycles. The van der Waals surface area contributed by atoms with Crippen LogP contribution in [0.15, 0.2) is 12.1 Å². The molecule has 0 saturated carbocycles. The summed E-state index contributed by atoms with van der Waals surface area (Å²) in [5.74, 6) is -1.23. The molecule has 3 nitrogen and oxygen atoms in total. The third kappa shape index (κ3) is 2.22. The van der Waals surface area contributed by atoms with E-state index < -0.39 is 11.6 Å². The summed E-state index contributed by atoms with van der Waals surface area (Å²) >= 11 is 5.67. The molecule has 2 rings (SSSR count). The maximum absolute atomic E-state index is 13.2. The van der Waals surface area contributed by atoms with Gasteiger partial charge < -0.3 is 15.2 Å². The molecule has 1 atom stereocenters. The number of aromatic hydroxyl groups is 1. The van der Waals surface area contributed by atoms with Crippen LogP contribution in [0.1, 0.15) is 11.7 Å². The van der Waals surface area contributed by atoms with Crippen LogP contribution >= 0.6 is 11.6 Å². The normalized spacial score (nSPS) is 21.6. The molecule has 1 aliphatic heterocycles. The van der Waals surface area contributed by atoms with Crippen molar-refractivity contribution in [3.63, 3.8) is 0 Å². The highest BCUT2D eigenvalue weighted by Crippen LogP contribution is 2.31. The Kier molecular flexibility index (Phi) is 3.09. The lowest BCUT2D eigenvalue weighted by molar-refractivity contribution is 0.0275. The van der Waals surface area contributed by atoms with E-state index in [4.69, 9.17) is 21.4 Å². The molecule has 15 heavy (non-hydrogen) atoms. The van der Waals surface area contributed by atoms with Crippen molar-refractivity contribution in [3.05, 3.63) is 28.5 Å². The number of morpholine rings is 1. The fourth-order valence-corrected chi connectivity index (χ4v) is 1.77. The third-order valence-electron chi connectivity index (χ3n) is 2.34. The average molecular weight is 232 g/mol. The molecule has 0 bridgehead atoms. The molecule has 0 amide bonds. The number of ether oxygens (including phenoxy) is 1. The molecule has 5 heteroatoms. The van der Waals surface area contributed by atoms with Gasteiger partial charge in [0.2, 0.25) is 0 Å². The van der Waals surface area contributed by atoms with Gasteiger partial charge in [0, 0.05) is 13.1 Å². The highest BCUT2D eigenvalue weighted by molar-refractivity contribution is 6.32. The van der Waals surface area contributed by atoms with Crippen molar-refractivity contribution in [3.8, 4) is 5.75 Å². The number of phenols is 1. The molecule has 1 aliphatic rings. The van der Waals surface area contributed by atoms with Crippen molar-refractivity contribution in [1.82, 2.24) is 5.32 Å². The number of nitrogens with one attached hydrogen (secondary N) is 1. The molecule has 1 aromatic carbocycles. The van der Waals surface area contributed by atoms with E-state index in [-0.39, 0.29) is 11.1 Å². The monoisotopic (exact) mass is 231 g/mol. The molecule has 1 aromatic rings. The molecule has 1 unspecified atom stereocenters. The van der Waals surface area contributed by atoms with E-state index >= 15 is 0 Å². The molecule has 0 aliphatic carbocycles. The van der Waals surface area contributed by atoms with Gasteiger partial charge in [0.1, 0.15) is 0 Å². The van der Waals surface area contributed by atoms with Crippen LogP contribution in [0.4, 0.5) is 4.39 Å².